The highest BCUT2D eigenvalue weighted by Crippen LogP contribution is 2.40. The third kappa shape index (κ3) is 9.43. The summed E-state index contributed by atoms with van der Waals surface area (Å²) in [5.74, 6) is -4.66. The molecule has 2 aliphatic carbocycles. The third-order valence-electron chi connectivity index (χ3n) is 9.46. The molecule has 45 heavy (non-hydrogen) atoms. The van der Waals surface area contributed by atoms with Crippen LogP contribution in [0.15, 0.2) is 42.5 Å². The maximum Gasteiger partial charge on any atom is 0.191 e. The summed E-state index contributed by atoms with van der Waals surface area (Å²) < 4.78 is 86.8. The van der Waals surface area contributed by atoms with Crippen molar-refractivity contribution in [3.63, 3.8) is 0 Å². The van der Waals surface area contributed by atoms with Gasteiger partial charge in [0, 0.05) is 0 Å². The number of benzene rings is 3. The Labute approximate surface area is 262 Å². The number of phenolic OH excluding ortho intramolecular Hbond substituents is 1. The second-order valence-electron chi connectivity index (χ2n) is 12.7. The van der Waals surface area contributed by atoms with Crippen LogP contribution in [-0.4, -0.2) is 5.11 Å². The third-order valence-corrected chi connectivity index (χ3v) is 9.46. The molecule has 3 aromatic rings. The monoisotopic (exact) mass is 634 g/mol. The van der Waals surface area contributed by atoms with Crippen molar-refractivity contribution in [2.75, 3.05) is 0 Å². The average molecular weight is 635 g/mol. The van der Waals surface area contributed by atoms with Crippen LogP contribution in [0.1, 0.15) is 119 Å². The number of phenols is 1. The zero-order valence-corrected chi connectivity index (χ0v) is 26.2. The fraction of sp³-hybridized carbons (Fsp3) is 0.514. The highest BCUT2D eigenvalue weighted by Gasteiger charge is 2.25. The molecular formula is C37H44F6O2. The van der Waals surface area contributed by atoms with E-state index in [2.05, 4.69) is 13.8 Å². The van der Waals surface area contributed by atoms with Crippen LogP contribution in [0.5, 0.6) is 11.5 Å². The number of aromatic hydroxyl groups is 1. The standard InChI is InChI=1S/C22H24F4O.C15H20F2O/c1-2-3-14-4-7-16(8-5-14)17-11-20(25)22(21(26)12-17)27-13-15-6-9-18(23)19(24)10-15;1-2-3-10-4-6-11(7-5-10)12-8-13(16)15(18)14(17)9-12/h6,9-12,14,16H,2-5,7-8,13H2,1H3;8-11,18H,2-7H2,1H3. The van der Waals surface area contributed by atoms with E-state index in [-0.39, 0.29) is 18.4 Å². The fourth-order valence-corrected chi connectivity index (χ4v) is 6.94. The number of ether oxygens (including phenoxy) is 1. The minimum atomic E-state index is -1.02. The Hall–Kier alpha value is -3.16. The van der Waals surface area contributed by atoms with Crippen LogP contribution < -0.4 is 4.74 Å². The number of rotatable bonds is 9. The number of hydrogen-bond acceptors (Lipinski definition) is 2. The van der Waals surface area contributed by atoms with E-state index in [0.717, 1.165) is 75.3 Å². The first-order chi connectivity index (χ1) is 21.6. The van der Waals surface area contributed by atoms with E-state index in [1.165, 1.54) is 56.0 Å². The van der Waals surface area contributed by atoms with E-state index in [1.807, 2.05) is 0 Å². The summed E-state index contributed by atoms with van der Waals surface area (Å²) in [6.07, 6.45) is 13.2. The van der Waals surface area contributed by atoms with E-state index in [4.69, 9.17) is 9.84 Å². The normalized spacial score (nSPS) is 21.6. The Morgan fingerprint density at radius 2 is 1.02 bits per heavy atom. The van der Waals surface area contributed by atoms with Gasteiger partial charge in [0.25, 0.3) is 0 Å². The van der Waals surface area contributed by atoms with Gasteiger partial charge in [-0.25, -0.2) is 26.3 Å². The number of hydrogen-bond donors (Lipinski definition) is 1. The topological polar surface area (TPSA) is 29.5 Å². The van der Waals surface area contributed by atoms with Crippen molar-refractivity contribution in [3.05, 3.63) is 94.1 Å². The Kier molecular flexibility index (Phi) is 12.7. The minimum Gasteiger partial charge on any atom is -0.503 e. The minimum absolute atomic E-state index is 0.169. The zero-order chi connectivity index (χ0) is 32.5. The summed E-state index contributed by atoms with van der Waals surface area (Å²) in [7, 11) is 0. The van der Waals surface area contributed by atoms with E-state index in [9.17, 15) is 26.3 Å². The Morgan fingerprint density at radius 3 is 1.44 bits per heavy atom. The molecule has 0 bridgehead atoms. The van der Waals surface area contributed by atoms with Crippen LogP contribution in [-0.2, 0) is 6.61 Å². The van der Waals surface area contributed by atoms with Crippen molar-refractivity contribution in [2.45, 2.75) is 109 Å². The highest BCUT2D eigenvalue weighted by atomic mass is 19.2. The molecule has 3 aromatic carbocycles. The van der Waals surface area contributed by atoms with Crippen LogP contribution in [0.3, 0.4) is 0 Å². The smallest absolute Gasteiger partial charge is 0.191 e. The van der Waals surface area contributed by atoms with Crippen LogP contribution in [0, 0.1) is 46.7 Å². The van der Waals surface area contributed by atoms with Crippen molar-refractivity contribution in [3.8, 4) is 11.5 Å². The van der Waals surface area contributed by atoms with Gasteiger partial charge in [-0.2, -0.15) is 0 Å². The molecule has 0 aromatic heterocycles. The summed E-state index contributed by atoms with van der Waals surface area (Å²) in [6, 6.07) is 8.47. The molecule has 246 valence electrons. The Bertz CT molecular complexity index is 1350. The van der Waals surface area contributed by atoms with E-state index >= 15 is 0 Å². The summed E-state index contributed by atoms with van der Waals surface area (Å²) >= 11 is 0. The molecule has 0 amide bonds. The molecule has 0 atom stereocenters. The molecular weight excluding hydrogens is 590 g/mol. The predicted molar refractivity (Wildman–Crippen MR) is 164 cm³/mol. The van der Waals surface area contributed by atoms with Crippen LogP contribution in [0.4, 0.5) is 26.3 Å². The van der Waals surface area contributed by atoms with E-state index in [1.54, 1.807) is 0 Å². The lowest BCUT2D eigenvalue weighted by Crippen LogP contribution is -2.14. The first kappa shape index (κ1) is 34.7. The molecule has 8 heteroatoms. The fourth-order valence-electron chi connectivity index (χ4n) is 6.94. The summed E-state index contributed by atoms with van der Waals surface area (Å²) in [6.45, 7) is 4.12. The molecule has 2 aliphatic rings. The van der Waals surface area contributed by atoms with Gasteiger partial charge >= 0.3 is 0 Å². The van der Waals surface area contributed by atoms with E-state index < -0.39 is 46.4 Å². The zero-order valence-electron chi connectivity index (χ0n) is 26.2. The van der Waals surface area contributed by atoms with Gasteiger partial charge in [-0.05, 0) is 128 Å². The summed E-state index contributed by atoms with van der Waals surface area (Å²) in [4.78, 5) is 0. The molecule has 0 unspecified atom stereocenters. The van der Waals surface area contributed by atoms with Crippen molar-refractivity contribution in [1.82, 2.24) is 0 Å². The van der Waals surface area contributed by atoms with Crippen LogP contribution in [0.25, 0.3) is 0 Å². The van der Waals surface area contributed by atoms with Crippen LogP contribution in [0.2, 0.25) is 0 Å². The summed E-state index contributed by atoms with van der Waals surface area (Å²) in [5, 5.41) is 9.09. The first-order valence-corrected chi connectivity index (χ1v) is 16.3. The Morgan fingerprint density at radius 1 is 0.578 bits per heavy atom. The molecule has 0 spiro atoms. The van der Waals surface area contributed by atoms with Crippen molar-refractivity contribution >= 4 is 0 Å². The molecule has 0 heterocycles. The molecule has 0 saturated heterocycles. The molecule has 1 N–H and O–H groups in total. The van der Waals surface area contributed by atoms with Crippen molar-refractivity contribution in [2.24, 2.45) is 11.8 Å². The highest BCUT2D eigenvalue weighted by molar-refractivity contribution is 5.34. The van der Waals surface area contributed by atoms with Crippen LogP contribution >= 0.6 is 0 Å². The molecule has 2 nitrogen and oxygen atoms in total. The van der Waals surface area contributed by atoms with E-state index in [0.29, 0.717) is 16.7 Å². The predicted octanol–water partition coefficient (Wildman–Crippen LogP) is 11.6. The lowest BCUT2D eigenvalue weighted by atomic mass is 9.77. The first-order valence-electron chi connectivity index (χ1n) is 16.3. The van der Waals surface area contributed by atoms with Crippen molar-refractivity contribution in [1.29, 1.82) is 0 Å². The van der Waals surface area contributed by atoms with Gasteiger partial charge in [-0.3, -0.25) is 0 Å². The molecule has 2 fully saturated rings. The average Bonchev–Trinajstić information content (AvgIpc) is 3.02. The Balaban J connectivity index is 0.000000222. The second-order valence-corrected chi connectivity index (χ2v) is 12.7. The SMILES string of the molecule is CCCC1CCC(c2cc(F)c(O)c(F)c2)CC1.CCCC1CCC(c2cc(F)c(OCc3ccc(F)c(F)c3)c(F)c2)CC1. The molecule has 5 rings (SSSR count). The van der Waals surface area contributed by atoms with Gasteiger partial charge in [0.05, 0.1) is 0 Å². The largest absolute Gasteiger partial charge is 0.503 e. The van der Waals surface area contributed by atoms with Crippen molar-refractivity contribution < 1.29 is 36.2 Å². The molecule has 0 radical (unpaired) electrons. The van der Waals surface area contributed by atoms with Gasteiger partial charge < -0.3 is 9.84 Å². The van der Waals surface area contributed by atoms with Gasteiger partial charge in [0.2, 0.25) is 0 Å². The van der Waals surface area contributed by atoms with Gasteiger partial charge in [-0.1, -0.05) is 45.6 Å². The number of halogens is 6. The molecule has 0 aliphatic heterocycles. The quantitative estimate of drug-likeness (QED) is 0.237. The second kappa shape index (κ2) is 16.4. The van der Waals surface area contributed by atoms with Gasteiger partial charge in [-0.15, -0.1) is 0 Å². The molecule has 2 saturated carbocycles. The summed E-state index contributed by atoms with van der Waals surface area (Å²) in [5.41, 5.74) is 1.66. The maximum atomic E-state index is 14.4. The van der Waals surface area contributed by atoms with Gasteiger partial charge in [0.1, 0.15) is 6.61 Å². The lowest BCUT2D eigenvalue weighted by Gasteiger charge is -2.28. The maximum absolute atomic E-state index is 14.4. The lowest BCUT2D eigenvalue weighted by molar-refractivity contribution is 0.271. The van der Waals surface area contributed by atoms with Gasteiger partial charge in [0.15, 0.2) is 46.4 Å².